The third-order valence-electron chi connectivity index (χ3n) is 5.05. The van der Waals surface area contributed by atoms with Gasteiger partial charge in [0.2, 0.25) is 5.89 Å². The molecule has 1 saturated heterocycles. The summed E-state index contributed by atoms with van der Waals surface area (Å²) in [6.07, 6.45) is -1.68. The average molecular weight is 389 g/mol. The molecular weight excluding hydrogens is 362 g/mol. The lowest BCUT2D eigenvalue weighted by Crippen LogP contribution is -2.53. The SMILES string of the molecule is Cc1cc(CN2CCN(C(=O)O)[C@@H](C)C2)c(C)c(Nc2nnc([C@@H](C)O)o2)c1. The summed E-state index contributed by atoms with van der Waals surface area (Å²) in [7, 11) is 0. The third-order valence-corrected chi connectivity index (χ3v) is 5.05. The van der Waals surface area contributed by atoms with Crippen LogP contribution in [0.25, 0.3) is 0 Å². The largest absolute Gasteiger partial charge is 0.465 e. The molecule has 0 aliphatic carbocycles. The predicted octanol–water partition coefficient (Wildman–Crippen LogP) is 2.67. The molecule has 1 fully saturated rings. The van der Waals surface area contributed by atoms with E-state index in [-0.39, 0.29) is 17.9 Å². The van der Waals surface area contributed by atoms with Gasteiger partial charge in [0.05, 0.1) is 0 Å². The van der Waals surface area contributed by atoms with Crippen molar-refractivity contribution in [1.29, 1.82) is 0 Å². The molecule has 0 unspecified atom stereocenters. The van der Waals surface area contributed by atoms with Crippen LogP contribution in [0.1, 0.15) is 42.5 Å². The Hall–Kier alpha value is -2.65. The van der Waals surface area contributed by atoms with Crippen LogP contribution in [0.5, 0.6) is 0 Å². The van der Waals surface area contributed by atoms with E-state index in [2.05, 4.69) is 26.5 Å². The van der Waals surface area contributed by atoms with E-state index in [4.69, 9.17) is 4.42 Å². The highest BCUT2D eigenvalue weighted by atomic mass is 16.4. The summed E-state index contributed by atoms with van der Waals surface area (Å²) < 4.78 is 5.43. The fourth-order valence-electron chi connectivity index (χ4n) is 3.50. The molecule has 1 aliphatic heterocycles. The molecule has 0 bridgehead atoms. The van der Waals surface area contributed by atoms with E-state index in [1.54, 1.807) is 6.92 Å². The summed E-state index contributed by atoms with van der Waals surface area (Å²) in [5.41, 5.74) is 4.19. The van der Waals surface area contributed by atoms with E-state index >= 15 is 0 Å². The first-order chi connectivity index (χ1) is 13.2. The van der Waals surface area contributed by atoms with Crippen molar-refractivity contribution < 1.29 is 19.4 Å². The molecule has 28 heavy (non-hydrogen) atoms. The Labute approximate surface area is 164 Å². The number of piperazine rings is 1. The van der Waals surface area contributed by atoms with E-state index in [1.807, 2.05) is 26.8 Å². The van der Waals surface area contributed by atoms with Crippen LogP contribution in [0.2, 0.25) is 0 Å². The summed E-state index contributed by atoms with van der Waals surface area (Å²) in [6.45, 7) is 10.2. The topological polar surface area (TPSA) is 115 Å². The first-order valence-electron chi connectivity index (χ1n) is 9.35. The van der Waals surface area contributed by atoms with Crippen LogP contribution >= 0.6 is 0 Å². The molecule has 1 aromatic heterocycles. The van der Waals surface area contributed by atoms with Gasteiger partial charge in [0, 0.05) is 37.9 Å². The van der Waals surface area contributed by atoms with Gasteiger partial charge in [-0.05, 0) is 50.5 Å². The number of aromatic nitrogens is 2. The number of hydrogen-bond donors (Lipinski definition) is 3. The van der Waals surface area contributed by atoms with E-state index in [1.165, 1.54) is 4.90 Å². The van der Waals surface area contributed by atoms with Crippen molar-refractivity contribution in [3.05, 3.63) is 34.7 Å². The smallest absolute Gasteiger partial charge is 0.407 e. The van der Waals surface area contributed by atoms with E-state index < -0.39 is 12.2 Å². The van der Waals surface area contributed by atoms with Gasteiger partial charge in [-0.2, -0.15) is 0 Å². The number of rotatable bonds is 5. The lowest BCUT2D eigenvalue weighted by molar-refractivity contribution is 0.0710. The molecule has 3 rings (SSSR count). The third kappa shape index (κ3) is 4.42. The lowest BCUT2D eigenvalue weighted by atomic mass is 10.0. The maximum Gasteiger partial charge on any atom is 0.407 e. The number of amides is 1. The van der Waals surface area contributed by atoms with Crippen molar-refractivity contribution in [2.45, 2.75) is 46.4 Å². The molecule has 9 nitrogen and oxygen atoms in total. The number of carboxylic acid groups (broad SMARTS) is 1. The number of aliphatic hydroxyl groups excluding tert-OH is 1. The summed E-state index contributed by atoms with van der Waals surface area (Å²) in [5.74, 6) is 0.165. The highest BCUT2D eigenvalue weighted by Gasteiger charge is 2.27. The van der Waals surface area contributed by atoms with Crippen molar-refractivity contribution in [3.8, 4) is 0 Å². The van der Waals surface area contributed by atoms with Gasteiger partial charge in [-0.15, -0.1) is 5.10 Å². The van der Waals surface area contributed by atoms with E-state index in [0.29, 0.717) is 19.6 Å². The van der Waals surface area contributed by atoms with Crippen LogP contribution in [0, 0.1) is 13.8 Å². The van der Waals surface area contributed by atoms with Crippen LogP contribution in [0.15, 0.2) is 16.5 Å². The molecule has 152 valence electrons. The molecule has 0 saturated carbocycles. The van der Waals surface area contributed by atoms with Crippen LogP contribution in [-0.2, 0) is 6.54 Å². The normalized spacial score (nSPS) is 18.9. The Morgan fingerprint density at radius 2 is 2.11 bits per heavy atom. The van der Waals surface area contributed by atoms with Crippen LogP contribution in [-0.4, -0.2) is 62.0 Å². The predicted molar refractivity (Wildman–Crippen MR) is 104 cm³/mol. The molecular formula is C19H27N5O4. The van der Waals surface area contributed by atoms with Crippen LogP contribution in [0.4, 0.5) is 16.5 Å². The van der Waals surface area contributed by atoms with Gasteiger partial charge in [0.15, 0.2) is 0 Å². The Morgan fingerprint density at radius 3 is 2.71 bits per heavy atom. The van der Waals surface area contributed by atoms with Crippen molar-refractivity contribution in [2.24, 2.45) is 0 Å². The number of anilines is 2. The van der Waals surface area contributed by atoms with Crippen molar-refractivity contribution in [2.75, 3.05) is 25.0 Å². The van der Waals surface area contributed by atoms with Crippen LogP contribution < -0.4 is 5.32 Å². The second kappa shape index (κ2) is 8.15. The lowest BCUT2D eigenvalue weighted by Gasteiger charge is -2.38. The minimum absolute atomic E-state index is 0.0359. The number of aliphatic hydroxyl groups is 1. The Morgan fingerprint density at radius 1 is 1.36 bits per heavy atom. The highest BCUT2D eigenvalue weighted by molar-refractivity contribution is 5.65. The van der Waals surface area contributed by atoms with Gasteiger partial charge >= 0.3 is 12.1 Å². The molecule has 0 radical (unpaired) electrons. The van der Waals surface area contributed by atoms with Crippen LogP contribution in [0.3, 0.4) is 0 Å². The van der Waals surface area contributed by atoms with Gasteiger partial charge in [0.1, 0.15) is 6.10 Å². The van der Waals surface area contributed by atoms with Crippen molar-refractivity contribution in [1.82, 2.24) is 20.0 Å². The number of nitrogens with zero attached hydrogens (tertiary/aromatic N) is 4. The number of nitrogens with one attached hydrogen (secondary N) is 1. The summed E-state index contributed by atoms with van der Waals surface area (Å²) in [6, 6.07) is 4.35. The van der Waals surface area contributed by atoms with E-state index in [9.17, 15) is 15.0 Å². The Kier molecular flexibility index (Phi) is 5.85. The van der Waals surface area contributed by atoms with Gasteiger partial charge in [-0.1, -0.05) is 11.2 Å². The van der Waals surface area contributed by atoms with Gasteiger partial charge < -0.3 is 24.8 Å². The maximum absolute atomic E-state index is 11.3. The second-order valence-corrected chi connectivity index (χ2v) is 7.40. The quantitative estimate of drug-likeness (QED) is 0.715. The van der Waals surface area contributed by atoms with Crippen molar-refractivity contribution in [3.63, 3.8) is 0 Å². The van der Waals surface area contributed by atoms with Crippen molar-refractivity contribution >= 4 is 17.8 Å². The highest BCUT2D eigenvalue weighted by Crippen LogP contribution is 2.27. The first-order valence-corrected chi connectivity index (χ1v) is 9.35. The van der Waals surface area contributed by atoms with Gasteiger partial charge in [-0.3, -0.25) is 4.90 Å². The molecule has 1 amide bonds. The molecule has 2 heterocycles. The average Bonchev–Trinajstić information content (AvgIpc) is 3.07. The molecule has 3 N–H and O–H groups in total. The zero-order valence-electron chi connectivity index (χ0n) is 16.6. The van der Waals surface area contributed by atoms with Gasteiger partial charge in [-0.25, -0.2) is 4.79 Å². The Bertz CT molecular complexity index is 851. The minimum atomic E-state index is -0.860. The zero-order valence-corrected chi connectivity index (χ0v) is 16.6. The summed E-state index contributed by atoms with van der Waals surface area (Å²) in [4.78, 5) is 15.0. The number of benzene rings is 1. The number of aryl methyl sites for hydroxylation is 1. The molecule has 0 spiro atoms. The molecule has 1 aliphatic rings. The standard InChI is InChI=1S/C19H27N5O4/c1-11-7-15(10-23-5-6-24(19(26)27)12(2)9-23)13(3)16(8-11)20-18-22-21-17(28-18)14(4)25/h7-8,12,14,25H,5-6,9-10H2,1-4H3,(H,20,22)(H,26,27)/t12-,14+/m0/s1. The molecule has 2 aromatic rings. The molecule has 1 aromatic carbocycles. The summed E-state index contributed by atoms with van der Waals surface area (Å²) in [5, 5.41) is 29.7. The first kappa shape index (κ1) is 20.1. The van der Waals surface area contributed by atoms with E-state index in [0.717, 1.165) is 28.9 Å². The van der Waals surface area contributed by atoms with Gasteiger partial charge in [0.25, 0.3) is 0 Å². The second-order valence-electron chi connectivity index (χ2n) is 7.40. The minimum Gasteiger partial charge on any atom is -0.465 e. The Balaban J connectivity index is 1.74. The molecule has 9 heteroatoms. The number of hydrogen-bond acceptors (Lipinski definition) is 7. The fraction of sp³-hybridized carbons (Fsp3) is 0.526. The molecule has 2 atom stereocenters. The maximum atomic E-state index is 11.3. The zero-order chi connectivity index (χ0) is 20.4. The summed E-state index contributed by atoms with van der Waals surface area (Å²) >= 11 is 0. The fourth-order valence-corrected chi connectivity index (χ4v) is 3.50. The number of carbonyl (C=O) groups is 1. The monoisotopic (exact) mass is 389 g/mol.